The molecule has 2 amide bonds. The van der Waals surface area contributed by atoms with Crippen LogP contribution in [0.2, 0.25) is 0 Å². The molecule has 0 saturated carbocycles. The molecule has 1 aromatic rings. The number of carbonyl (C=O) groups excluding carboxylic acids is 2. The van der Waals surface area contributed by atoms with E-state index in [9.17, 15) is 24.8 Å². The second-order valence-electron chi connectivity index (χ2n) is 3.70. The maximum Gasteiger partial charge on any atom is 0.310 e. The lowest BCUT2D eigenvalue weighted by Crippen LogP contribution is -2.33. The third-order valence-corrected chi connectivity index (χ3v) is 2.22. The van der Waals surface area contributed by atoms with Gasteiger partial charge in [-0.15, -0.1) is 0 Å². The Morgan fingerprint density at radius 2 is 1.95 bits per heavy atom. The minimum atomic E-state index is -0.742. The lowest BCUT2D eigenvalue weighted by atomic mass is 10.2. The van der Waals surface area contributed by atoms with Gasteiger partial charge in [-0.05, 0) is 12.1 Å². The lowest BCUT2D eigenvalue weighted by molar-refractivity contribution is -0.385. The van der Waals surface area contributed by atoms with Gasteiger partial charge < -0.3 is 15.7 Å². The molecule has 19 heavy (non-hydrogen) atoms. The number of amides is 2. The van der Waals surface area contributed by atoms with Crippen molar-refractivity contribution in [3.8, 4) is 5.75 Å². The van der Waals surface area contributed by atoms with Gasteiger partial charge in [-0.2, -0.15) is 0 Å². The molecule has 0 saturated heterocycles. The highest BCUT2D eigenvalue weighted by molar-refractivity contribution is 5.95. The maximum atomic E-state index is 11.6. The smallest absolute Gasteiger partial charge is 0.310 e. The lowest BCUT2D eigenvalue weighted by Gasteiger charge is -2.06. The van der Waals surface area contributed by atoms with E-state index < -0.39 is 22.3 Å². The number of nitrogens with zero attached hydrogens (tertiary/aromatic N) is 1. The van der Waals surface area contributed by atoms with Crippen LogP contribution in [0, 0.1) is 10.1 Å². The van der Waals surface area contributed by atoms with Crippen molar-refractivity contribution in [1.82, 2.24) is 10.6 Å². The van der Waals surface area contributed by atoms with Crippen molar-refractivity contribution in [3.05, 3.63) is 33.9 Å². The average molecular weight is 267 g/mol. The Morgan fingerprint density at radius 1 is 1.32 bits per heavy atom. The quantitative estimate of drug-likeness (QED) is 0.398. The number of nitro benzene ring substituents is 1. The summed E-state index contributed by atoms with van der Waals surface area (Å²) in [6.07, 6.45) is 0. The van der Waals surface area contributed by atoms with Gasteiger partial charge in [-0.1, -0.05) is 0 Å². The molecule has 1 aromatic carbocycles. The molecule has 0 heterocycles. The summed E-state index contributed by atoms with van der Waals surface area (Å²) in [5.74, 6) is -1.27. The highest BCUT2D eigenvalue weighted by Gasteiger charge is 2.15. The first-order valence-corrected chi connectivity index (χ1v) is 5.42. The molecule has 0 aliphatic rings. The Bertz CT molecular complexity index is 515. The maximum absolute atomic E-state index is 11.6. The van der Waals surface area contributed by atoms with Crippen molar-refractivity contribution < 1.29 is 19.6 Å². The minimum Gasteiger partial charge on any atom is -0.502 e. The molecule has 1 rings (SSSR count). The fourth-order valence-electron chi connectivity index (χ4n) is 1.34. The fourth-order valence-corrected chi connectivity index (χ4v) is 1.34. The normalized spacial score (nSPS) is 9.74. The zero-order chi connectivity index (χ0) is 14.4. The number of rotatable bonds is 5. The van der Waals surface area contributed by atoms with Crippen LogP contribution >= 0.6 is 0 Å². The van der Waals surface area contributed by atoms with Gasteiger partial charge in [0.15, 0.2) is 5.75 Å². The van der Waals surface area contributed by atoms with E-state index in [1.165, 1.54) is 13.0 Å². The van der Waals surface area contributed by atoms with Crippen molar-refractivity contribution in [2.45, 2.75) is 6.92 Å². The molecule has 0 aliphatic carbocycles. The molecule has 0 aliphatic heterocycles. The van der Waals surface area contributed by atoms with Crippen molar-refractivity contribution in [1.29, 1.82) is 0 Å². The molecule has 0 bridgehead atoms. The molecular weight excluding hydrogens is 254 g/mol. The first kappa shape index (κ1) is 14.4. The summed E-state index contributed by atoms with van der Waals surface area (Å²) in [7, 11) is 0. The van der Waals surface area contributed by atoms with Crippen molar-refractivity contribution in [3.63, 3.8) is 0 Å². The monoisotopic (exact) mass is 267 g/mol. The molecule has 0 radical (unpaired) electrons. The van der Waals surface area contributed by atoms with Crippen LogP contribution < -0.4 is 10.6 Å². The Kier molecular flexibility index (Phi) is 4.81. The number of hydrogen-bond acceptors (Lipinski definition) is 5. The number of nitrogens with one attached hydrogen (secondary N) is 2. The second kappa shape index (κ2) is 6.34. The van der Waals surface area contributed by atoms with E-state index in [0.717, 1.165) is 12.1 Å². The molecule has 0 atom stereocenters. The van der Waals surface area contributed by atoms with Crippen LogP contribution in [0.5, 0.6) is 5.75 Å². The molecule has 0 unspecified atom stereocenters. The number of phenolic OH excluding ortho intramolecular Hbond substituents is 1. The minimum absolute atomic E-state index is 0.103. The largest absolute Gasteiger partial charge is 0.502 e. The zero-order valence-electron chi connectivity index (χ0n) is 10.2. The Hall–Kier alpha value is -2.64. The highest BCUT2D eigenvalue weighted by Crippen LogP contribution is 2.25. The van der Waals surface area contributed by atoms with E-state index >= 15 is 0 Å². The SMILES string of the molecule is CC(=O)NCCNC(=O)c1ccc([N+](=O)[O-])c(O)c1. The van der Waals surface area contributed by atoms with Crippen molar-refractivity contribution in [2.75, 3.05) is 13.1 Å². The molecule has 0 fully saturated rings. The van der Waals surface area contributed by atoms with Crippen LogP contribution in [-0.2, 0) is 4.79 Å². The molecule has 0 aromatic heterocycles. The second-order valence-corrected chi connectivity index (χ2v) is 3.70. The summed E-state index contributed by atoms with van der Waals surface area (Å²) < 4.78 is 0. The van der Waals surface area contributed by atoms with Crippen LogP contribution in [-0.4, -0.2) is 34.9 Å². The Labute approximate surface area is 108 Å². The van der Waals surface area contributed by atoms with Gasteiger partial charge in [0, 0.05) is 31.6 Å². The topological polar surface area (TPSA) is 122 Å². The Balaban J connectivity index is 2.60. The van der Waals surface area contributed by atoms with Crippen LogP contribution in [0.15, 0.2) is 18.2 Å². The number of carbonyl (C=O) groups is 2. The van der Waals surface area contributed by atoms with Gasteiger partial charge in [0.25, 0.3) is 5.91 Å². The van der Waals surface area contributed by atoms with E-state index in [2.05, 4.69) is 10.6 Å². The molecule has 0 spiro atoms. The van der Waals surface area contributed by atoms with Gasteiger partial charge >= 0.3 is 5.69 Å². The summed E-state index contributed by atoms with van der Waals surface area (Å²) in [5.41, 5.74) is -0.360. The van der Waals surface area contributed by atoms with E-state index in [-0.39, 0.29) is 24.6 Å². The molecular formula is C11H13N3O5. The van der Waals surface area contributed by atoms with Gasteiger partial charge in [0.1, 0.15) is 0 Å². The standard InChI is InChI=1S/C11H13N3O5/c1-7(15)12-4-5-13-11(17)8-2-3-9(14(18)19)10(16)6-8/h2-3,6,16H,4-5H2,1H3,(H,12,15)(H,13,17). The number of aromatic hydroxyl groups is 1. The number of phenols is 1. The average Bonchev–Trinajstić information content (AvgIpc) is 2.33. The molecule has 102 valence electrons. The van der Waals surface area contributed by atoms with Gasteiger partial charge in [-0.3, -0.25) is 19.7 Å². The van der Waals surface area contributed by atoms with Crippen molar-refractivity contribution >= 4 is 17.5 Å². The zero-order valence-corrected chi connectivity index (χ0v) is 10.2. The van der Waals surface area contributed by atoms with Crippen LogP contribution in [0.1, 0.15) is 17.3 Å². The molecule has 8 heteroatoms. The van der Waals surface area contributed by atoms with E-state index in [1.54, 1.807) is 0 Å². The van der Waals surface area contributed by atoms with E-state index in [0.29, 0.717) is 0 Å². The van der Waals surface area contributed by atoms with Crippen molar-refractivity contribution in [2.24, 2.45) is 0 Å². The number of hydrogen-bond donors (Lipinski definition) is 3. The van der Waals surface area contributed by atoms with Gasteiger partial charge in [0.05, 0.1) is 4.92 Å². The summed E-state index contributed by atoms with van der Waals surface area (Å²) in [4.78, 5) is 31.9. The van der Waals surface area contributed by atoms with Crippen LogP contribution in [0.4, 0.5) is 5.69 Å². The fraction of sp³-hybridized carbons (Fsp3) is 0.273. The number of benzene rings is 1. The first-order chi connectivity index (χ1) is 8.91. The summed E-state index contributed by atoms with van der Waals surface area (Å²) in [5, 5.41) is 24.8. The first-order valence-electron chi connectivity index (χ1n) is 5.42. The van der Waals surface area contributed by atoms with Gasteiger partial charge in [-0.25, -0.2) is 0 Å². The van der Waals surface area contributed by atoms with Crippen LogP contribution in [0.3, 0.4) is 0 Å². The molecule has 3 N–H and O–H groups in total. The third-order valence-electron chi connectivity index (χ3n) is 2.22. The molecule has 8 nitrogen and oxygen atoms in total. The van der Waals surface area contributed by atoms with E-state index in [4.69, 9.17) is 0 Å². The third kappa shape index (κ3) is 4.26. The highest BCUT2D eigenvalue weighted by atomic mass is 16.6. The predicted molar refractivity (Wildman–Crippen MR) is 65.8 cm³/mol. The van der Waals surface area contributed by atoms with Crippen LogP contribution in [0.25, 0.3) is 0 Å². The van der Waals surface area contributed by atoms with Gasteiger partial charge in [0.2, 0.25) is 5.91 Å². The summed E-state index contributed by atoms with van der Waals surface area (Å²) >= 11 is 0. The Morgan fingerprint density at radius 3 is 2.47 bits per heavy atom. The summed E-state index contributed by atoms with van der Waals surface area (Å²) in [6.45, 7) is 1.85. The summed E-state index contributed by atoms with van der Waals surface area (Å²) in [6, 6.07) is 3.32. The van der Waals surface area contributed by atoms with E-state index in [1.807, 2.05) is 0 Å². The number of nitro groups is 1. The predicted octanol–water partition coefficient (Wildman–Crippen LogP) is 0.166.